The highest BCUT2D eigenvalue weighted by Crippen LogP contribution is 2.48. The van der Waals surface area contributed by atoms with Gasteiger partial charge in [0.2, 0.25) is 5.91 Å². The molecule has 0 bridgehead atoms. The predicted octanol–water partition coefficient (Wildman–Crippen LogP) is 5.24. The number of amides is 1. The van der Waals surface area contributed by atoms with Gasteiger partial charge in [-0.15, -0.1) is 11.3 Å². The van der Waals surface area contributed by atoms with E-state index < -0.39 is 11.4 Å². The molecule has 2 heterocycles. The molecule has 2 aromatic carbocycles. The van der Waals surface area contributed by atoms with Gasteiger partial charge in [0.15, 0.2) is 0 Å². The molecular formula is C27H30ClN3O3S. The predicted molar refractivity (Wildman–Crippen MR) is 140 cm³/mol. The first-order chi connectivity index (χ1) is 16.8. The van der Waals surface area contributed by atoms with Crippen molar-refractivity contribution in [1.29, 1.82) is 0 Å². The molecule has 3 atom stereocenters. The van der Waals surface area contributed by atoms with E-state index in [2.05, 4.69) is 24.5 Å². The van der Waals surface area contributed by atoms with Crippen LogP contribution in [0.15, 0.2) is 60.0 Å². The van der Waals surface area contributed by atoms with Crippen LogP contribution in [-0.2, 0) is 15.0 Å². The van der Waals surface area contributed by atoms with Gasteiger partial charge < -0.3 is 15.7 Å². The third kappa shape index (κ3) is 5.42. The maximum absolute atomic E-state index is 14.0. The summed E-state index contributed by atoms with van der Waals surface area (Å²) in [7, 11) is 0. The number of carboxylic acid groups (broad SMARTS) is 1. The summed E-state index contributed by atoms with van der Waals surface area (Å²) in [5.41, 5.74) is 0.982. The van der Waals surface area contributed by atoms with Gasteiger partial charge >= 0.3 is 5.97 Å². The van der Waals surface area contributed by atoms with Crippen molar-refractivity contribution in [2.45, 2.75) is 56.5 Å². The van der Waals surface area contributed by atoms with E-state index in [1.165, 1.54) is 11.3 Å². The number of carboxylic acids is 1. The molecule has 0 aliphatic carbocycles. The molecule has 8 heteroatoms. The van der Waals surface area contributed by atoms with Crippen molar-refractivity contribution < 1.29 is 14.7 Å². The molecule has 3 N–H and O–H groups in total. The lowest BCUT2D eigenvalue weighted by Gasteiger charge is -2.40. The molecule has 35 heavy (non-hydrogen) atoms. The monoisotopic (exact) mass is 511 g/mol. The second-order valence-electron chi connectivity index (χ2n) is 9.33. The Bertz CT molecular complexity index is 1180. The standard InChI is InChI=1S/C27H30ClN3O3S/c1-17(2)30-19-12-13-21(18-8-4-3-5-9-18)27(14-24(32)33,25(34)29-15-19)26-31-23(16-35-26)20-10-6-7-11-22(20)28/h3-11,16-17,19,21,30H,12-15H2,1-2H3,(H,29,34)(H,32,33)/t19?,21-,27-/m0/s1. The number of hydrogen-bond acceptors (Lipinski definition) is 5. The van der Waals surface area contributed by atoms with Crippen molar-refractivity contribution in [3.63, 3.8) is 0 Å². The number of aliphatic carboxylic acids is 1. The van der Waals surface area contributed by atoms with Crippen molar-refractivity contribution in [2.24, 2.45) is 0 Å². The Morgan fingerprint density at radius 3 is 2.60 bits per heavy atom. The second-order valence-corrected chi connectivity index (χ2v) is 10.6. The van der Waals surface area contributed by atoms with E-state index in [1.54, 1.807) is 6.07 Å². The zero-order valence-electron chi connectivity index (χ0n) is 19.8. The van der Waals surface area contributed by atoms with E-state index in [0.717, 1.165) is 17.5 Å². The van der Waals surface area contributed by atoms with Gasteiger partial charge in [-0.05, 0) is 24.5 Å². The van der Waals surface area contributed by atoms with Crippen LogP contribution in [-0.4, -0.2) is 40.6 Å². The van der Waals surface area contributed by atoms with Gasteiger partial charge in [0.25, 0.3) is 0 Å². The topological polar surface area (TPSA) is 91.3 Å². The Balaban J connectivity index is 1.85. The van der Waals surface area contributed by atoms with Crippen molar-refractivity contribution in [3.05, 3.63) is 75.6 Å². The molecule has 1 unspecified atom stereocenters. The zero-order valence-corrected chi connectivity index (χ0v) is 21.4. The number of nitrogens with one attached hydrogen (secondary N) is 2. The van der Waals surface area contributed by atoms with Crippen molar-refractivity contribution in [1.82, 2.24) is 15.6 Å². The first-order valence-corrected chi connectivity index (χ1v) is 13.1. The van der Waals surface area contributed by atoms with Gasteiger partial charge in [0, 0.05) is 40.5 Å². The first kappa shape index (κ1) is 25.4. The van der Waals surface area contributed by atoms with E-state index in [9.17, 15) is 14.7 Å². The molecule has 1 amide bonds. The number of rotatable bonds is 7. The number of benzene rings is 2. The van der Waals surface area contributed by atoms with Crippen molar-refractivity contribution in [3.8, 4) is 11.3 Å². The molecule has 0 radical (unpaired) electrons. The maximum atomic E-state index is 14.0. The fourth-order valence-corrected chi connectivity index (χ4v) is 6.34. The summed E-state index contributed by atoms with van der Waals surface area (Å²) in [4.78, 5) is 31.1. The lowest BCUT2D eigenvalue weighted by molar-refractivity contribution is -0.143. The molecule has 4 rings (SSSR count). The number of nitrogens with zero attached hydrogens (tertiary/aromatic N) is 1. The molecular weight excluding hydrogens is 482 g/mol. The molecule has 184 valence electrons. The Morgan fingerprint density at radius 2 is 1.91 bits per heavy atom. The Kier molecular flexibility index (Phi) is 7.89. The average molecular weight is 512 g/mol. The minimum absolute atomic E-state index is 0.1000. The number of hydrogen-bond donors (Lipinski definition) is 3. The fourth-order valence-electron chi connectivity index (χ4n) is 5.03. The number of carbonyl (C=O) groups is 2. The van der Waals surface area contributed by atoms with Crippen molar-refractivity contribution in [2.75, 3.05) is 6.54 Å². The SMILES string of the molecule is CC(C)NC1CC[C@@H](c2ccccc2)[C@](CC(=O)O)(c2nc(-c3ccccc3Cl)cs2)C(=O)NC1. The lowest BCUT2D eigenvalue weighted by Crippen LogP contribution is -2.55. The van der Waals surface area contributed by atoms with E-state index >= 15 is 0 Å². The molecule has 0 saturated carbocycles. The number of thiazole rings is 1. The Labute approximate surface area is 214 Å². The van der Waals surface area contributed by atoms with Gasteiger partial charge in [-0.25, -0.2) is 4.98 Å². The normalized spacial score (nSPS) is 22.9. The number of aromatic nitrogens is 1. The van der Waals surface area contributed by atoms with Gasteiger partial charge in [0.1, 0.15) is 10.4 Å². The van der Waals surface area contributed by atoms with Crippen LogP contribution in [0, 0.1) is 0 Å². The maximum Gasteiger partial charge on any atom is 0.304 e. The van der Waals surface area contributed by atoms with Gasteiger partial charge in [0.05, 0.1) is 12.1 Å². The highest BCUT2D eigenvalue weighted by atomic mass is 35.5. The largest absolute Gasteiger partial charge is 0.481 e. The van der Waals surface area contributed by atoms with Crippen LogP contribution in [0.2, 0.25) is 5.02 Å². The highest BCUT2D eigenvalue weighted by molar-refractivity contribution is 7.10. The van der Waals surface area contributed by atoms with Crippen LogP contribution >= 0.6 is 22.9 Å². The summed E-state index contributed by atoms with van der Waals surface area (Å²) in [6.07, 6.45) is 1.09. The van der Waals surface area contributed by atoms with Gasteiger partial charge in [-0.3, -0.25) is 9.59 Å². The average Bonchev–Trinajstić information content (AvgIpc) is 3.31. The molecule has 3 aromatic rings. The third-order valence-electron chi connectivity index (χ3n) is 6.55. The second kappa shape index (κ2) is 10.9. The molecule has 6 nitrogen and oxygen atoms in total. The quantitative estimate of drug-likeness (QED) is 0.403. The van der Waals surface area contributed by atoms with Gasteiger partial charge in [-0.2, -0.15) is 0 Å². The number of halogens is 1. The number of carbonyl (C=O) groups excluding carboxylic acids is 1. The molecule has 0 spiro atoms. The van der Waals surface area contributed by atoms with E-state index in [1.807, 2.05) is 53.9 Å². The van der Waals surface area contributed by atoms with Crippen LogP contribution in [0.1, 0.15) is 49.6 Å². The van der Waals surface area contributed by atoms with Crippen LogP contribution in [0.3, 0.4) is 0 Å². The minimum Gasteiger partial charge on any atom is -0.481 e. The highest BCUT2D eigenvalue weighted by Gasteiger charge is 2.52. The molecule has 1 aliphatic heterocycles. The molecule has 1 aliphatic rings. The van der Waals surface area contributed by atoms with E-state index in [0.29, 0.717) is 28.7 Å². The summed E-state index contributed by atoms with van der Waals surface area (Å²) in [6.45, 7) is 4.59. The van der Waals surface area contributed by atoms with Crippen molar-refractivity contribution >= 4 is 34.8 Å². The summed E-state index contributed by atoms with van der Waals surface area (Å²) >= 11 is 7.74. The lowest BCUT2D eigenvalue weighted by atomic mass is 9.66. The van der Waals surface area contributed by atoms with E-state index in [-0.39, 0.29) is 30.3 Å². The Morgan fingerprint density at radius 1 is 1.20 bits per heavy atom. The van der Waals surface area contributed by atoms with E-state index in [4.69, 9.17) is 16.6 Å². The zero-order chi connectivity index (χ0) is 25.0. The summed E-state index contributed by atoms with van der Waals surface area (Å²) < 4.78 is 0. The summed E-state index contributed by atoms with van der Waals surface area (Å²) in [5, 5.41) is 19.5. The third-order valence-corrected chi connectivity index (χ3v) is 7.90. The summed E-state index contributed by atoms with van der Waals surface area (Å²) in [6, 6.07) is 17.5. The fraction of sp³-hybridized carbons (Fsp3) is 0.370. The minimum atomic E-state index is -1.35. The van der Waals surface area contributed by atoms with Gasteiger partial charge in [-0.1, -0.05) is 74.0 Å². The van der Waals surface area contributed by atoms with Crippen LogP contribution < -0.4 is 10.6 Å². The Hall–Kier alpha value is -2.74. The molecule has 1 fully saturated rings. The first-order valence-electron chi connectivity index (χ1n) is 11.8. The molecule has 1 aromatic heterocycles. The smallest absolute Gasteiger partial charge is 0.304 e. The van der Waals surface area contributed by atoms with Crippen LogP contribution in [0.25, 0.3) is 11.3 Å². The summed E-state index contributed by atoms with van der Waals surface area (Å²) in [5.74, 6) is -1.70. The van der Waals surface area contributed by atoms with Crippen LogP contribution in [0.4, 0.5) is 0 Å². The van der Waals surface area contributed by atoms with Crippen LogP contribution in [0.5, 0.6) is 0 Å². The molecule has 1 saturated heterocycles.